The molecular formula is C18H12ClN5O. The lowest BCUT2D eigenvalue weighted by Gasteiger charge is -2.09. The number of nitrogens with two attached hydrogens (primary N) is 1. The van der Waals surface area contributed by atoms with Gasteiger partial charge in [-0.05, 0) is 6.07 Å². The van der Waals surface area contributed by atoms with Crippen LogP contribution in [0.3, 0.4) is 0 Å². The third kappa shape index (κ3) is 2.62. The highest BCUT2D eigenvalue weighted by atomic mass is 35.5. The van der Waals surface area contributed by atoms with E-state index >= 15 is 0 Å². The van der Waals surface area contributed by atoms with Crippen LogP contribution in [0.1, 0.15) is 10.5 Å². The van der Waals surface area contributed by atoms with E-state index in [4.69, 9.17) is 17.3 Å². The molecule has 0 atom stereocenters. The predicted octanol–water partition coefficient (Wildman–Crippen LogP) is 3.21. The lowest BCUT2D eigenvalue weighted by molar-refractivity contribution is 0.0995. The van der Waals surface area contributed by atoms with Crippen molar-refractivity contribution < 1.29 is 4.79 Å². The van der Waals surface area contributed by atoms with Gasteiger partial charge in [0.05, 0.1) is 10.7 Å². The summed E-state index contributed by atoms with van der Waals surface area (Å²) in [6, 6.07) is 18.6. The minimum atomic E-state index is -0.693. The smallest absolute Gasteiger partial charge is 0.271 e. The van der Waals surface area contributed by atoms with Crippen LogP contribution in [0, 0.1) is 0 Å². The van der Waals surface area contributed by atoms with Crippen molar-refractivity contribution in [3.8, 4) is 22.5 Å². The molecular weight excluding hydrogens is 338 g/mol. The Kier molecular flexibility index (Phi) is 3.66. The Morgan fingerprint density at radius 1 is 1.00 bits per heavy atom. The number of hydrogen-bond acceptors (Lipinski definition) is 4. The van der Waals surface area contributed by atoms with Crippen molar-refractivity contribution in [3.63, 3.8) is 0 Å². The van der Waals surface area contributed by atoms with Gasteiger partial charge in [-0.1, -0.05) is 60.1 Å². The molecule has 0 bridgehead atoms. The Hall–Kier alpha value is -3.25. The highest BCUT2D eigenvalue weighted by Gasteiger charge is 2.21. The van der Waals surface area contributed by atoms with E-state index in [9.17, 15) is 4.79 Å². The summed E-state index contributed by atoms with van der Waals surface area (Å²) < 4.78 is 1.55. The van der Waals surface area contributed by atoms with Gasteiger partial charge in [0.25, 0.3) is 5.91 Å². The summed E-state index contributed by atoms with van der Waals surface area (Å²) in [7, 11) is 0. The topological polar surface area (TPSA) is 86.2 Å². The number of aromatic nitrogens is 4. The van der Waals surface area contributed by atoms with Crippen LogP contribution in [0.5, 0.6) is 0 Å². The summed E-state index contributed by atoms with van der Waals surface area (Å²) >= 11 is 6.32. The lowest BCUT2D eigenvalue weighted by Crippen LogP contribution is -2.18. The number of carbonyl (C=O) groups excluding carboxylic acids is 1. The highest BCUT2D eigenvalue weighted by Crippen LogP contribution is 2.30. The lowest BCUT2D eigenvalue weighted by atomic mass is 10.1. The zero-order valence-corrected chi connectivity index (χ0v) is 13.7. The predicted molar refractivity (Wildman–Crippen MR) is 95.2 cm³/mol. The van der Waals surface area contributed by atoms with E-state index < -0.39 is 5.91 Å². The second kappa shape index (κ2) is 5.99. The zero-order valence-electron chi connectivity index (χ0n) is 12.9. The number of hydrogen-bond donors (Lipinski definition) is 1. The van der Waals surface area contributed by atoms with Crippen LogP contribution in [0.15, 0.2) is 60.7 Å². The van der Waals surface area contributed by atoms with E-state index in [1.165, 1.54) is 0 Å². The molecule has 122 valence electrons. The number of benzene rings is 2. The van der Waals surface area contributed by atoms with E-state index in [1.54, 1.807) is 28.8 Å². The minimum Gasteiger partial charge on any atom is -0.364 e. The van der Waals surface area contributed by atoms with E-state index in [0.717, 1.165) is 5.56 Å². The van der Waals surface area contributed by atoms with Crippen LogP contribution in [-0.4, -0.2) is 25.7 Å². The normalized spacial score (nSPS) is 10.9. The molecule has 1 amide bonds. The Morgan fingerprint density at radius 2 is 1.72 bits per heavy atom. The fourth-order valence-electron chi connectivity index (χ4n) is 2.67. The SMILES string of the molecule is NC(=O)c1nnc2cc(-c3ccccc3)nn2c1-c1ccccc1Cl. The molecule has 0 saturated carbocycles. The fourth-order valence-corrected chi connectivity index (χ4v) is 2.89. The van der Waals surface area contributed by atoms with Crippen molar-refractivity contribution in [1.82, 2.24) is 19.8 Å². The third-order valence-corrected chi connectivity index (χ3v) is 4.14. The van der Waals surface area contributed by atoms with Gasteiger partial charge in [0, 0.05) is 17.2 Å². The largest absolute Gasteiger partial charge is 0.364 e. The van der Waals surface area contributed by atoms with E-state index in [1.807, 2.05) is 36.4 Å². The number of nitrogens with zero attached hydrogens (tertiary/aromatic N) is 4. The summed E-state index contributed by atoms with van der Waals surface area (Å²) in [6.45, 7) is 0. The first-order valence-electron chi connectivity index (χ1n) is 7.52. The van der Waals surface area contributed by atoms with Gasteiger partial charge in [-0.3, -0.25) is 4.79 Å². The van der Waals surface area contributed by atoms with Crippen LogP contribution >= 0.6 is 11.6 Å². The molecule has 2 heterocycles. The standard InChI is InChI=1S/C18H12ClN5O/c19-13-9-5-4-8-12(13)17-16(18(20)25)22-21-15-10-14(23-24(15)17)11-6-2-1-3-7-11/h1-10H,(H2,20,25). The molecule has 6 nitrogen and oxygen atoms in total. The van der Waals surface area contributed by atoms with E-state index in [2.05, 4.69) is 15.3 Å². The van der Waals surface area contributed by atoms with Crippen LogP contribution in [-0.2, 0) is 0 Å². The molecule has 0 aliphatic rings. The summed E-state index contributed by atoms with van der Waals surface area (Å²) in [5.74, 6) is -0.693. The van der Waals surface area contributed by atoms with Crippen molar-refractivity contribution in [2.45, 2.75) is 0 Å². The minimum absolute atomic E-state index is 0.0170. The Morgan fingerprint density at radius 3 is 2.44 bits per heavy atom. The second-order valence-corrected chi connectivity index (χ2v) is 5.81. The summed E-state index contributed by atoms with van der Waals surface area (Å²) in [6.07, 6.45) is 0. The Balaban J connectivity index is 2.04. The highest BCUT2D eigenvalue weighted by molar-refractivity contribution is 6.33. The molecule has 2 N–H and O–H groups in total. The Bertz CT molecular complexity index is 1090. The summed E-state index contributed by atoms with van der Waals surface area (Å²) in [5.41, 5.74) is 8.68. The van der Waals surface area contributed by atoms with Gasteiger partial charge in [-0.2, -0.15) is 5.10 Å². The van der Waals surface area contributed by atoms with Crippen LogP contribution in [0.25, 0.3) is 28.2 Å². The first-order valence-corrected chi connectivity index (χ1v) is 7.89. The molecule has 25 heavy (non-hydrogen) atoms. The number of fused-ring (bicyclic) bond motifs is 1. The number of carbonyl (C=O) groups is 1. The first kappa shape index (κ1) is 15.3. The summed E-state index contributed by atoms with van der Waals surface area (Å²) in [5, 5.41) is 13.1. The number of amides is 1. The second-order valence-electron chi connectivity index (χ2n) is 5.41. The molecule has 0 saturated heterocycles. The monoisotopic (exact) mass is 349 g/mol. The molecule has 0 unspecified atom stereocenters. The zero-order chi connectivity index (χ0) is 17.4. The average Bonchev–Trinajstić information content (AvgIpc) is 3.06. The van der Waals surface area contributed by atoms with Crippen molar-refractivity contribution in [2.24, 2.45) is 5.73 Å². The number of rotatable bonds is 3. The van der Waals surface area contributed by atoms with Gasteiger partial charge < -0.3 is 5.73 Å². The van der Waals surface area contributed by atoms with Crippen molar-refractivity contribution in [3.05, 3.63) is 71.4 Å². The van der Waals surface area contributed by atoms with Crippen molar-refractivity contribution >= 4 is 23.2 Å². The first-order chi connectivity index (χ1) is 12.1. The molecule has 2 aromatic carbocycles. The van der Waals surface area contributed by atoms with Crippen LogP contribution in [0.4, 0.5) is 0 Å². The number of halogens is 1. The molecule has 7 heteroatoms. The molecule has 4 rings (SSSR count). The van der Waals surface area contributed by atoms with Crippen LogP contribution < -0.4 is 5.73 Å². The molecule has 0 aliphatic heterocycles. The van der Waals surface area contributed by atoms with Gasteiger partial charge in [0.1, 0.15) is 5.69 Å². The van der Waals surface area contributed by atoms with Crippen LogP contribution in [0.2, 0.25) is 5.02 Å². The van der Waals surface area contributed by atoms with Gasteiger partial charge in [-0.25, -0.2) is 4.52 Å². The number of primary amides is 1. The Labute approximate surface area is 147 Å². The average molecular weight is 350 g/mol. The molecule has 0 fully saturated rings. The molecule has 0 aliphatic carbocycles. The van der Waals surface area contributed by atoms with Gasteiger partial charge in [-0.15, -0.1) is 10.2 Å². The van der Waals surface area contributed by atoms with Gasteiger partial charge in [0.2, 0.25) is 0 Å². The molecule has 2 aromatic heterocycles. The van der Waals surface area contributed by atoms with E-state index in [-0.39, 0.29) is 5.69 Å². The molecule has 4 aromatic rings. The maximum atomic E-state index is 11.9. The van der Waals surface area contributed by atoms with Crippen molar-refractivity contribution in [1.29, 1.82) is 0 Å². The summed E-state index contributed by atoms with van der Waals surface area (Å²) in [4.78, 5) is 11.9. The maximum absolute atomic E-state index is 11.9. The third-order valence-electron chi connectivity index (χ3n) is 3.81. The fraction of sp³-hybridized carbons (Fsp3) is 0. The quantitative estimate of drug-likeness (QED) is 0.615. The maximum Gasteiger partial charge on any atom is 0.271 e. The van der Waals surface area contributed by atoms with E-state index in [0.29, 0.717) is 27.6 Å². The van der Waals surface area contributed by atoms with Gasteiger partial charge >= 0.3 is 0 Å². The molecule has 0 radical (unpaired) electrons. The molecule has 0 spiro atoms. The van der Waals surface area contributed by atoms with Gasteiger partial charge in [0.15, 0.2) is 11.3 Å². The van der Waals surface area contributed by atoms with Crippen molar-refractivity contribution in [2.75, 3.05) is 0 Å².